The molecule has 0 bridgehead atoms. The first-order valence-corrected chi connectivity index (χ1v) is 12.7. The molecule has 1 aliphatic carbocycles. The van der Waals surface area contributed by atoms with E-state index < -0.39 is 0 Å². The number of ether oxygens (including phenoxy) is 1. The number of ketones is 1. The summed E-state index contributed by atoms with van der Waals surface area (Å²) in [5.74, 6) is 0.665. The maximum atomic E-state index is 12.4. The van der Waals surface area contributed by atoms with Gasteiger partial charge in [-0.1, -0.05) is 37.4 Å². The summed E-state index contributed by atoms with van der Waals surface area (Å²) in [5, 5.41) is 8.12. The molecule has 0 aliphatic heterocycles. The Morgan fingerprint density at radius 2 is 1.82 bits per heavy atom. The van der Waals surface area contributed by atoms with Crippen LogP contribution >= 0.6 is 11.6 Å². The zero-order chi connectivity index (χ0) is 24.5. The molecule has 2 aromatic rings. The van der Waals surface area contributed by atoms with Crippen LogP contribution in [-0.4, -0.2) is 28.1 Å². The van der Waals surface area contributed by atoms with Crippen LogP contribution in [0.4, 0.5) is 11.6 Å². The van der Waals surface area contributed by atoms with E-state index >= 15 is 0 Å². The van der Waals surface area contributed by atoms with Crippen molar-refractivity contribution in [3.05, 3.63) is 39.7 Å². The molecule has 3 rings (SSSR count). The lowest BCUT2D eigenvalue weighted by Gasteiger charge is -2.23. The van der Waals surface area contributed by atoms with Gasteiger partial charge < -0.3 is 21.6 Å². The maximum Gasteiger partial charge on any atom is 0.190 e. The summed E-state index contributed by atoms with van der Waals surface area (Å²) in [4.78, 5) is 20.2. The number of Topliss-reactive ketones (excluding diaryl/α,β-unsaturated/α-hetero) is 1. The fourth-order valence-electron chi connectivity index (χ4n) is 4.45. The summed E-state index contributed by atoms with van der Waals surface area (Å²) in [7, 11) is 0. The fraction of sp³-hybridized carbons (Fsp3) is 0.538. The van der Waals surface area contributed by atoms with Crippen molar-refractivity contribution in [2.45, 2.75) is 84.0 Å². The zero-order valence-corrected chi connectivity index (χ0v) is 20.8. The predicted octanol–water partition coefficient (Wildman–Crippen LogP) is 5.75. The Bertz CT molecular complexity index is 1020. The number of fused-ring (bicyclic) bond motifs is 1. The number of hydrogen-bond donors (Lipinski definition) is 3. The van der Waals surface area contributed by atoms with Crippen LogP contribution in [0.3, 0.4) is 0 Å². The molecule has 0 saturated carbocycles. The summed E-state index contributed by atoms with van der Waals surface area (Å²) < 4.78 is 6.07. The van der Waals surface area contributed by atoms with Gasteiger partial charge in [-0.2, -0.15) is 0 Å². The van der Waals surface area contributed by atoms with E-state index in [9.17, 15) is 4.79 Å². The molecule has 1 heterocycles. The number of halogens is 1. The van der Waals surface area contributed by atoms with Crippen LogP contribution in [0, 0.1) is 5.41 Å². The zero-order valence-electron chi connectivity index (χ0n) is 20.1. The highest BCUT2D eigenvalue weighted by Crippen LogP contribution is 2.33. The second kappa shape index (κ2) is 12.7. The number of nitrogens with two attached hydrogens (primary N) is 2. The number of nitrogens with zero attached hydrogens (tertiary/aromatic N) is 2. The first-order chi connectivity index (χ1) is 16.4. The number of aryl methyl sites for hydroxylation is 1. The van der Waals surface area contributed by atoms with E-state index in [1.807, 2.05) is 0 Å². The molecule has 8 heteroatoms. The number of anilines is 2. The van der Waals surface area contributed by atoms with Crippen LogP contribution in [0.5, 0.6) is 5.75 Å². The second-order valence-electron chi connectivity index (χ2n) is 8.99. The molecule has 0 spiro atoms. The third kappa shape index (κ3) is 6.92. The van der Waals surface area contributed by atoms with Crippen molar-refractivity contribution >= 4 is 34.7 Å². The van der Waals surface area contributed by atoms with Crippen LogP contribution in [0.1, 0.15) is 91.9 Å². The monoisotopic (exact) mass is 485 g/mol. The van der Waals surface area contributed by atoms with Crippen LogP contribution in [0.15, 0.2) is 12.1 Å². The Morgan fingerprint density at radius 1 is 1.06 bits per heavy atom. The molecule has 34 heavy (non-hydrogen) atoms. The standard InChI is InChI=1S/C26H36ClN5O2/c1-2-3-15-34-22-14-13-17(19-11-7-8-12-20(19)22)9-5-4-6-10-18(28)16-21(33)23-25(29)32-26(30)24(27)31-23/h13-14,28H,2-12,15-16H2,1H3,(H4,29,30,32). The molecule has 5 N–H and O–H groups in total. The Balaban J connectivity index is 1.45. The SMILES string of the molecule is CCCCOc1ccc(CCCCCC(=N)CC(=O)c2nc(Cl)c(N)nc2N)c2c1CCCC2. The smallest absolute Gasteiger partial charge is 0.190 e. The minimum absolute atomic E-state index is 0.00859. The molecule has 184 valence electrons. The molecule has 1 aromatic heterocycles. The van der Waals surface area contributed by atoms with Gasteiger partial charge in [0.05, 0.1) is 13.0 Å². The summed E-state index contributed by atoms with van der Waals surface area (Å²) in [5.41, 5.74) is 16.0. The molecule has 0 saturated heterocycles. The molecular weight excluding hydrogens is 450 g/mol. The van der Waals surface area contributed by atoms with Gasteiger partial charge in [-0.25, -0.2) is 9.97 Å². The third-order valence-corrected chi connectivity index (χ3v) is 6.59. The highest BCUT2D eigenvalue weighted by atomic mass is 35.5. The minimum Gasteiger partial charge on any atom is -0.493 e. The van der Waals surface area contributed by atoms with Gasteiger partial charge in [0.1, 0.15) is 5.75 Å². The van der Waals surface area contributed by atoms with Crippen molar-refractivity contribution in [3.8, 4) is 5.75 Å². The summed E-state index contributed by atoms with van der Waals surface area (Å²) >= 11 is 5.85. The molecule has 0 atom stereocenters. The summed E-state index contributed by atoms with van der Waals surface area (Å²) in [6, 6.07) is 4.41. The molecule has 0 unspecified atom stereocenters. The number of carbonyl (C=O) groups excluding carboxylic acids is 1. The van der Waals surface area contributed by atoms with Crippen molar-refractivity contribution in [2.75, 3.05) is 18.1 Å². The van der Waals surface area contributed by atoms with Crippen molar-refractivity contribution < 1.29 is 9.53 Å². The lowest BCUT2D eigenvalue weighted by Crippen LogP contribution is -2.14. The van der Waals surface area contributed by atoms with Crippen LogP contribution < -0.4 is 16.2 Å². The average Bonchev–Trinajstić information content (AvgIpc) is 2.82. The quantitative estimate of drug-likeness (QED) is 0.188. The molecule has 0 radical (unpaired) electrons. The normalized spacial score (nSPS) is 12.9. The van der Waals surface area contributed by atoms with E-state index in [4.69, 9.17) is 33.2 Å². The third-order valence-electron chi connectivity index (χ3n) is 6.31. The lowest BCUT2D eigenvalue weighted by atomic mass is 9.86. The average molecular weight is 486 g/mol. The number of carbonyl (C=O) groups is 1. The van der Waals surface area contributed by atoms with E-state index in [2.05, 4.69) is 29.0 Å². The number of aromatic nitrogens is 2. The fourth-order valence-corrected chi connectivity index (χ4v) is 4.58. The Labute approximate surface area is 207 Å². The van der Waals surface area contributed by atoms with Crippen LogP contribution in [-0.2, 0) is 19.3 Å². The van der Waals surface area contributed by atoms with Gasteiger partial charge in [0, 0.05) is 5.71 Å². The lowest BCUT2D eigenvalue weighted by molar-refractivity contribution is 0.0996. The van der Waals surface area contributed by atoms with Gasteiger partial charge in [0.15, 0.2) is 28.3 Å². The van der Waals surface area contributed by atoms with Crippen LogP contribution in [0.25, 0.3) is 0 Å². The van der Waals surface area contributed by atoms with Gasteiger partial charge >= 0.3 is 0 Å². The van der Waals surface area contributed by atoms with Crippen molar-refractivity contribution in [3.63, 3.8) is 0 Å². The molecule has 1 aliphatic rings. The maximum absolute atomic E-state index is 12.4. The number of rotatable bonds is 13. The number of benzene rings is 1. The van der Waals surface area contributed by atoms with E-state index in [1.54, 1.807) is 0 Å². The number of nitrogen functional groups attached to an aromatic ring is 2. The van der Waals surface area contributed by atoms with Crippen LogP contribution in [0.2, 0.25) is 5.15 Å². The van der Waals surface area contributed by atoms with Gasteiger partial charge in [0.25, 0.3) is 0 Å². The van der Waals surface area contributed by atoms with Crippen molar-refractivity contribution in [1.82, 2.24) is 9.97 Å². The molecule has 7 nitrogen and oxygen atoms in total. The summed E-state index contributed by atoms with van der Waals surface area (Å²) in [6.07, 6.45) is 11.5. The van der Waals surface area contributed by atoms with E-state index in [0.717, 1.165) is 63.7 Å². The Morgan fingerprint density at radius 3 is 2.59 bits per heavy atom. The summed E-state index contributed by atoms with van der Waals surface area (Å²) in [6.45, 7) is 2.98. The number of nitrogens with one attached hydrogen (secondary N) is 1. The Hall–Kier alpha value is -2.67. The predicted molar refractivity (Wildman–Crippen MR) is 138 cm³/mol. The van der Waals surface area contributed by atoms with Gasteiger partial charge in [-0.15, -0.1) is 0 Å². The van der Waals surface area contributed by atoms with E-state index in [0.29, 0.717) is 12.1 Å². The topological polar surface area (TPSA) is 128 Å². The van der Waals surface area contributed by atoms with E-state index in [1.165, 1.54) is 29.5 Å². The first-order valence-electron chi connectivity index (χ1n) is 12.3. The number of unbranched alkanes of at least 4 members (excludes halogenated alkanes) is 3. The van der Waals surface area contributed by atoms with Gasteiger partial charge in [-0.05, 0) is 80.5 Å². The van der Waals surface area contributed by atoms with Gasteiger partial charge in [-0.3, -0.25) is 4.79 Å². The van der Waals surface area contributed by atoms with Crippen molar-refractivity contribution in [2.24, 2.45) is 0 Å². The largest absolute Gasteiger partial charge is 0.493 e. The Kier molecular flexibility index (Phi) is 9.69. The van der Waals surface area contributed by atoms with Crippen molar-refractivity contribution in [1.29, 1.82) is 5.41 Å². The molecule has 0 fully saturated rings. The minimum atomic E-state index is -0.357. The molecular formula is C26H36ClN5O2. The highest BCUT2D eigenvalue weighted by molar-refractivity contribution is 6.31. The van der Waals surface area contributed by atoms with E-state index in [-0.39, 0.29) is 34.7 Å². The second-order valence-corrected chi connectivity index (χ2v) is 9.34. The first kappa shape index (κ1) is 25.9. The molecule has 1 aromatic carbocycles. The highest BCUT2D eigenvalue weighted by Gasteiger charge is 2.19. The number of hydrogen-bond acceptors (Lipinski definition) is 7. The molecule has 0 amide bonds. The van der Waals surface area contributed by atoms with Gasteiger partial charge in [0.2, 0.25) is 0 Å².